The highest BCUT2D eigenvalue weighted by molar-refractivity contribution is 5.79. The van der Waals surface area contributed by atoms with Gasteiger partial charge in [0.15, 0.2) is 0 Å². The first-order valence-electron chi connectivity index (χ1n) is 5.15. The number of carboxylic acids is 1. The lowest BCUT2D eigenvalue weighted by molar-refractivity contribution is -0.146. The van der Waals surface area contributed by atoms with Crippen LogP contribution >= 0.6 is 0 Å². The average molecular weight is 220 g/mol. The summed E-state index contributed by atoms with van der Waals surface area (Å²) in [7, 11) is 0. The van der Waals surface area contributed by atoms with Gasteiger partial charge in [-0.3, -0.25) is 9.59 Å². The van der Waals surface area contributed by atoms with Gasteiger partial charge in [-0.15, -0.1) is 0 Å². The summed E-state index contributed by atoms with van der Waals surface area (Å²) in [6, 6.07) is 5.45. The number of carboxylic acid groups (broad SMARTS) is 1. The van der Waals surface area contributed by atoms with Crippen molar-refractivity contribution in [3.63, 3.8) is 0 Å². The molecule has 1 aromatic carbocycles. The SMILES string of the molecule is Cc1ccc(C=O)c(CC(C)(C)C(=O)O)c1. The summed E-state index contributed by atoms with van der Waals surface area (Å²) >= 11 is 0. The average Bonchev–Trinajstić information content (AvgIpc) is 2.17. The van der Waals surface area contributed by atoms with Gasteiger partial charge in [0.05, 0.1) is 5.41 Å². The van der Waals surface area contributed by atoms with Gasteiger partial charge in [0, 0.05) is 5.56 Å². The first-order chi connectivity index (χ1) is 7.36. The van der Waals surface area contributed by atoms with Crippen LogP contribution in [0, 0.1) is 12.3 Å². The van der Waals surface area contributed by atoms with Crippen molar-refractivity contribution in [1.29, 1.82) is 0 Å². The Labute approximate surface area is 95.1 Å². The molecule has 0 bridgehead atoms. The van der Waals surface area contributed by atoms with E-state index in [-0.39, 0.29) is 0 Å². The molecule has 1 aromatic rings. The molecule has 86 valence electrons. The van der Waals surface area contributed by atoms with Gasteiger partial charge in [-0.25, -0.2) is 0 Å². The molecular formula is C13H16O3. The molecule has 0 aromatic heterocycles. The van der Waals surface area contributed by atoms with Gasteiger partial charge in [-0.2, -0.15) is 0 Å². The van der Waals surface area contributed by atoms with E-state index in [1.165, 1.54) is 0 Å². The van der Waals surface area contributed by atoms with E-state index in [9.17, 15) is 9.59 Å². The normalized spacial score (nSPS) is 11.2. The van der Waals surface area contributed by atoms with Crippen molar-refractivity contribution in [1.82, 2.24) is 0 Å². The number of hydrogen-bond donors (Lipinski definition) is 1. The second-order valence-corrected chi connectivity index (χ2v) is 4.69. The zero-order chi connectivity index (χ0) is 12.3. The number of aliphatic carboxylic acids is 1. The van der Waals surface area contributed by atoms with Crippen LogP contribution in [0.1, 0.15) is 35.3 Å². The highest BCUT2D eigenvalue weighted by atomic mass is 16.4. The maximum Gasteiger partial charge on any atom is 0.309 e. The van der Waals surface area contributed by atoms with Crippen molar-refractivity contribution in [2.24, 2.45) is 5.41 Å². The molecule has 0 aliphatic carbocycles. The summed E-state index contributed by atoms with van der Waals surface area (Å²) in [4.78, 5) is 21.9. The number of hydrogen-bond acceptors (Lipinski definition) is 2. The lowest BCUT2D eigenvalue weighted by atomic mass is 9.84. The van der Waals surface area contributed by atoms with Crippen molar-refractivity contribution in [3.8, 4) is 0 Å². The predicted octanol–water partition coefficient (Wildman–Crippen LogP) is 2.46. The van der Waals surface area contributed by atoms with E-state index in [0.29, 0.717) is 12.0 Å². The Bertz CT molecular complexity index is 419. The van der Waals surface area contributed by atoms with E-state index >= 15 is 0 Å². The lowest BCUT2D eigenvalue weighted by Crippen LogP contribution is -2.26. The Morgan fingerprint density at radius 1 is 1.44 bits per heavy atom. The fraction of sp³-hybridized carbons (Fsp3) is 0.385. The molecule has 0 saturated carbocycles. The van der Waals surface area contributed by atoms with Gasteiger partial charge in [-0.1, -0.05) is 23.8 Å². The van der Waals surface area contributed by atoms with Crippen LogP contribution in [-0.2, 0) is 11.2 Å². The summed E-state index contributed by atoms with van der Waals surface area (Å²) in [5.41, 5.74) is 1.54. The Kier molecular flexibility index (Phi) is 3.48. The molecule has 0 fully saturated rings. The largest absolute Gasteiger partial charge is 0.481 e. The molecule has 1 rings (SSSR count). The molecule has 0 spiro atoms. The van der Waals surface area contributed by atoms with E-state index < -0.39 is 11.4 Å². The second-order valence-electron chi connectivity index (χ2n) is 4.69. The maximum atomic E-state index is 11.0. The number of benzene rings is 1. The van der Waals surface area contributed by atoms with Crippen LogP contribution in [0.15, 0.2) is 18.2 Å². The van der Waals surface area contributed by atoms with E-state index in [4.69, 9.17) is 5.11 Å². The molecule has 16 heavy (non-hydrogen) atoms. The topological polar surface area (TPSA) is 54.4 Å². The molecule has 3 nitrogen and oxygen atoms in total. The third kappa shape index (κ3) is 2.69. The summed E-state index contributed by atoms with van der Waals surface area (Å²) in [6.45, 7) is 5.24. The first-order valence-corrected chi connectivity index (χ1v) is 5.15. The molecule has 0 atom stereocenters. The summed E-state index contributed by atoms with van der Waals surface area (Å²) in [5, 5.41) is 9.05. The number of carbonyl (C=O) groups is 2. The van der Waals surface area contributed by atoms with Crippen LogP contribution in [0.3, 0.4) is 0 Å². The Hall–Kier alpha value is -1.64. The molecule has 0 aliphatic rings. The third-order valence-electron chi connectivity index (χ3n) is 2.64. The minimum atomic E-state index is -0.856. The molecule has 3 heteroatoms. The molecule has 0 radical (unpaired) electrons. The van der Waals surface area contributed by atoms with Gasteiger partial charge in [0.2, 0.25) is 0 Å². The fourth-order valence-electron chi connectivity index (χ4n) is 1.55. The zero-order valence-electron chi connectivity index (χ0n) is 9.78. The number of aryl methyl sites for hydroxylation is 1. The molecule has 0 aliphatic heterocycles. The molecule has 1 N–H and O–H groups in total. The maximum absolute atomic E-state index is 11.0. The summed E-state index contributed by atoms with van der Waals surface area (Å²) < 4.78 is 0. The van der Waals surface area contributed by atoms with Crippen LogP contribution < -0.4 is 0 Å². The van der Waals surface area contributed by atoms with Crippen molar-refractivity contribution in [2.45, 2.75) is 27.2 Å². The number of aldehydes is 1. The Balaban J connectivity index is 3.09. The van der Waals surface area contributed by atoms with Crippen molar-refractivity contribution < 1.29 is 14.7 Å². The van der Waals surface area contributed by atoms with Crippen molar-refractivity contribution in [2.75, 3.05) is 0 Å². The van der Waals surface area contributed by atoms with Crippen LogP contribution in [0.25, 0.3) is 0 Å². The minimum Gasteiger partial charge on any atom is -0.481 e. The predicted molar refractivity (Wildman–Crippen MR) is 61.7 cm³/mol. The monoisotopic (exact) mass is 220 g/mol. The van der Waals surface area contributed by atoms with E-state index in [1.54, 1.807) is 19.9 Å². The smallest absolute Gasteiger partial charge is 0.309 e. The zero-order valence-corrected chi connectivity index (χ0v) is 9.78. The van der Waals surface area contributed by atoms with Gasteiger partial charge < -0.3 is 5.11 Å². The Morgan fingerprint density at radius 2 is 2.06 bits per heavy atom. The van der Waals surface area contributed by atoms with Gasteiger partial charge in [0.1, 0.15) is 6.29 Å². The third-order valence-corrected chi connectivity index (χ3v) is 2.64. The summed E-state index contributed by atoms with van der Waals surface area (Å²) in [6.07, 6.45) is 1.13. The van der Waals surface area contributed by atoms with Crippen LogP contribution in [-0.4, -0.2) is 17.4 Å². The molecule has 0 saturated heterocycles. The number of rotatable bonds is 4. The minimum absolute atomic E-state index is 0.359. The quantitative estimate of drug-likeness (QED) is 0.793. The first kappa shape index (κ1) is 12.4. The van der Waals surface area contributed by atoms with Crippen molar-refractivity contribution in [3.05, 3.63) is 34.9 Å². The fourth-order valence-corrected chi connectivity index (χ4v) is 1.55. The highest BCUT2D eigenvalue weighted by Gasteiger charge is 2.28. The molecular weight excluding hydrogens is 204 g/mol. The Morgan fingerprint density at radius 3 is 2.56 bits per heavy atom. The molecule has 0 amide bonds. The van der Waals surface area contributed by atoms with Crippen LogP contribution in [0.4, 0.5) is 0 Å². The molecule has 0 unspecified atom stereocenters. The van der Waals surface area contributed by atoms with Gasteiger partial charge in [-0.05, 0) is 32.8 Å². The van der Waals surface area contributed by atoms with E-state index in [1.807, 2.05) is 19.1 Å². The number of carbonyl (C=O) groups excluding carboxylic acids is 1. The molecule has 0 heterocycles. The highest BCUT2D eigenvalue weighted by Crippen LogP contribution is 2.24. The van der Waals surface area contributed by atoms with Crippen LogP contribution in [0.2, 0.25) is 0 Å². The summed E-state index contributed by atoms with van der Waals surface area (Å²) in [5.74, 6) is -0.856. The van der Waals surface area contributed by atoms with Crippen molar-refractivity contribution >= 4 is 12.3 Å². The lowest BCUT2D eigenvalue weighted by Gasteiger charge is -2.20. The standard InChI is InChI=1S/C13H16O3/c1-9-4-5-10(8-14)11(6-9)7-13(2,3)12(15)16/h4-6,8H,7H2,1-3H3,(H,15,16). The van der Waals surface area contributed by atoms with Gasteiger partial charge in [0.25, 0.3) is 0 Å². The van der Waals surface area contributed by atoms with E-state index in [0.717, 1.165) is 17.4 Å². The van der Waals surface area contributed by atoms with Gasteiger partial charge >= 0.3 is 5.97 Å². The van der Waals surface area contributed by atoms with Crippen LogP contribution in [0.5, 0.6) is 0 Å². The van der Waals surface area contributed by atoms with E-state index in [2.05, 4.69) is 0 Å². The second kappa shape index (κ2) is 4.47.